The number of hydrogen-bond donors (Lipinski definition) is 1. The number of aromatic nitrogens is 3. The number of aromatic amines is 1. The zero-order chi connectivity index (χ0) is 14.4. The highest BCUT2D eigenvalue weighted by atomic mass is 32.1. The lowest BCUT2D eigenvalue weighted by Gasteiger charge is -2.20. The van der Waals surface area contributed by atoms with Crippen LogP contribution in [0.3, 0.4) is 0 Å². The highest BCUT2D eigenvalue weighted by Gasteiger charge is 2.09. The van der Waals surface area contributed by atoms with Crippen molar-refractivity contribution in [3.8, 4) is 11.4 Å². The number of nitrogens with one attached hydrogen (secondary N) is 1. The maximum absolute atomic E-state index is 5.35. The van der Waals surface area contributed by atoms with Crippen LogP contribution in [-0.4, -0.2) is 39.3 Å². The lowest BCUT2D eigenvalue weighted by molar-refractivity contribution is 0.276. The number of rotatable bonds is 7. The monoisotopic (exact) mass is 290 g/mol. The van der Waals surface area contributed by atoms with Crippen molar-refractivity contribution in [1.82, 2.24) is 19.7 Å². The Morgan fingerprint density at radius 2 is 1.95 bits per heavy atom. The molecule has 0 atom stereocenters. The van der Waals surface area contributed by atoms with Gasteiger partial charge in [0.2, 0.25) is 0 Å². The van der Waals surface area contributed by atoms with Gasteiger partial charge in [0.1, 0.15) is 0 Å². The van der Waals surface area contributed by atoms with Gasteiger partial charge in [-0.05, 0) is 31.7 Å². The molecule has 4 nitrogen and oxygen atoms in total. The van der Waals surface area contributed by atoms with Crippen molar-refractivity contribution in [1.29, 1.82) is 0 Å². The van der Waals surface area contributed by atoms with Crippen molar-refractivity contribution in [3.05, 3.63) is 35.1 Å². The molecule has 2 rings (SSSR count). The van der Waals surface area contributed by atoms with E-state index >= 15 is 0 Å². The predicted molar refractivity (Wildman–Crippen MR) is 85.3 cm³/mol. The van der Waals surface area contributed by atoms with Gasteiger partial charge in [-0.3, -0.25) is 9.67 Å². The molecule has 0 unspecified atom stereocenters. The number of likely N-dealkylation sites (N-methyl/N-ethyl adjacent to an activating group) is 1. The van der Waals surface area contributed by atoms with Crippen molar-refractivity contribution in [3.63, 3.8) is 0 Å². The molecule has 1 N–H and O–H groups in total. The molecule has 0 radical (unpaired) electrons. The molecular weight excluding hydrogens is 268 g/mol. The van der Waals surface area contributed by atoms with Crippen molar-refractivity contribution in [2.45, 2.75) is 26.8 Å². The summed E-state index contributed by atoms with van der Waals surface area (Å²) in [4.78, 5) is 2.43. The van der Waals surface area contributed by atoms with E-state index < -0.39 is 0 Å². The van der Waals surface area contributed by atoms with E-state index in [0.29, 0.717) is 4.77 Å². The van der Waals surface area contributed by atoms with Gasteiger partial charge in [0.25, 0.3) is 0 Å². The third kappa shape index (κ3) is 3.55. The minimum atomic E-state index is 0.691. The van der Waals surface area contributed by atoms with Crippen molar-refractivity contribution in [2.24, 2.45) is 0 Å². The molecule has 0 aliphatic heterocycles. The van der Waals surface area contributed by atoms with Gasteiger partial charge in [-0.2, -0.15) is 5.10 Å². The molecule has 1 aromatic heterocycles. The fourth-order valence-electron chi connectivity index (χ4n) is 2.32. The summed E-state index contributed by atoms with van der Waals surface area (Å²) in [6.45, 7) is 8.47. The summed E-state index contributed by atoms with van der Waals surface area (Å²) in [7, 11) is 0. The molecule has 0 bridgehead atoms. The van der Waals surface area contributed by atoms with Crippen LogP contribution < -0.4 is 0 Å². The minimum absolute atomic E-state index is 0.691. The fraction of sp³-hybridized carbons (Fsp3) is 0.467. The molecule has 20 heavy (non-hydrogen) atoms. The van der Waals surface area contributed by atoms with E-state index in [1.165, 1.54) is 6.42 Å². The molecule has 5 heteroatoms. The summed E-state index contributed by atoms with van der Waals surface area (Å²) >= 11 is 5.35. The summed E-state index contributed by atoms with van der Waals surface area (Å²) in [5.74, 6) is 0.920. The third-order valence-corrected chi connectivity index (χ3v) is 3.73. The van der Waals surface area contributed by atoms with Crippen LogP contribution in [0.25, 0.3) is 11.4 Å². The van der Waals surface area contributed by atoms with Crippen molar-refractivity contribution in [2.75, 3.05) is 19.6 Å². The first kappa shape index (κ1) is 14.9. The van der Waals surface area contributed by atoms with Crippen molar-refractivity contribution < 1.29 is 0 Å². The van der Waals surface area contributed by atoms with E-state index in [2.05, 4.69) is 45.6 Å². The molecule has 2 aromatic rings. The lowest BCUT2D eigenvalue weighted by atomic mass is 10.2. The molecular formula is C15H22N4S. The SMILES string of the molecule is CCCN(CC)CCn1c(-c2ccccc2)n[nH]c1=S. The van der Waals surface area contributed by atoms with Crippen LogP contribution in [0.5, 0.6) is 0 Å². The average molecular weight is 290 g/mol. The van der Waals surface area contributed by atoms with Gasteiger partial charge in [-0.25, -0.2) is 0 Å². The molecule has 0 fully saturated rings. The van der Waals surface area contributed by atoms with Crippen molar-refractivity contribution >= 4 is 12.2 Å². The Morgan fingerprint density at radius 1 is 1.20 bits per heavy atom. The molecule has 0 saturated heterocycles. The second-order valence-electron chi connectivity index (χ2n) is 4.80. The normalized spacial score (nSPS) is 11.2. The van der Waals surface area contributed by atoms with Crippen LogP contribution in [0.4, 0.5) is 0 Å². The first-order valence-electron chi connectivity index (χ1n) is 7.19. The van der Waals surface area contributed by atoms with E-state index in [1.807, 2.05) is 18.2 Å². The third-order valence-electron chi connectivity index (χ3n) is 3.42. The number of hydrogen-bond acceptors (Lipinski definition) is 3. The summed E-state index contributed by atoms with van der Waals surface area (Å²) in [5, 5.41) is 7.27. The smallest absolute Gasteiger partial charge is 0.195 e. The number of H-pyrrole nitrogens is 1. The summed E-state index contributed by atoms with van der Waals surface area (Å²) in [5.41, 5.74) is 1.10. The molecule has 1 aromatic carbocycles. The maximum Gasteiger partial charge on any atom is 0.195 e. The van der Waals surface area contributed by atoms with Crippen LogP contribution in [-0.2, 0) is 6.54 Å². The number of benzene rings is 1. The van der Waals surface area contributed by atoms with Crippen LogP contribution in [0.1, 0.15) is 20.3 Å². The quantitative estimate of drug-likeness (QED) is 0.795. The highest BCUT2D eigenvalue weighted by Crippen LogP contribution is 2.16. The Labute approximate surface area is 125 Å². The van der Waals surface area contributed by atoms with Crippen LogP contribution in [0.15, 0.2) is 30.3 Å². The molecule has 0 spiro atoms. The topological polar surface area (TPSA) is 36.9 Å². The Hall–Kier alpha value is -1.46. The Balaban J connectivity index is 2.16. The van der Waals surface area contributed by atoms with E-state index in [4.69, 9.17) is 12.2 Å². The van der Waals surface area contributed by atoms with Crippen LogP contribution in [0, 0.1) is 4.77 Å². The standard InChI is InChI=1S/C15H22N4S/c1-3-10-18(4-2)11-12-19-14(16-17-15(19)20)13-8-6-5-7-9-13/h5-9H,3-4,10-12H2,1-2H3,(H,17,20). The summed E-state index contributed by atoms with van der Waals surface area (Å²) < 4.78 is 2.78. The zero-order valence-electron chi connectivity index (χ0n) is 12.2. The molecule has 0 aliphatic rings. The van der Waals surface area contributed by atoms with Gasteiger partial charge in [-0.1, -0.05) is 44.2 Å². The van der Waals surface area contributed by atoms with E-state index in [0.717, 1.165) is 37.6 Å². The molecule has 1 heterocycles. The Morgan fingerprint density at radius 3 is 2.60 bits per heavy atom. The van der Waals surface area contributed by atoms with E-state index in [1.54, 1.807) is 0 Å². The molecule has 0 saturated carbocycles. The molecule has 108 valence electrons. The first-order valence-corrected chi connectivity index (χ1v) is 7.60. The lowest BCUT2D eigenvalue weighted by Crippen LogP contribution is -2.28. The van der Waals surface area contributed by atoms with Gasteiger partial charge in [-0.15, -0.1) is 0 Å². The summed E-state index contributed by atoms with van der Waals surface area (Å²) in [6.07, 6.45) is 1.18. The largest absolute Gasteiger partial charge is 0.302 e. The average Bonchev–Trinajstić information content (AvgIpc) is 2.85. The van der Waals surface area contributed by atoms with Gasteiger partial charge >= 0.3 is 0 Å². The first-order chi connectivity index (χ1) is 9.76. The molecule has 0 amide bonds. The second-order valence-corrected chi connectivity index (χ2v) is 5.19. The van der Waals surface area contributed by atoms with Gasteiger partial charge < -0.3 is 4.90 Å². The van der Waals surface area contributed by atoms with Gasteiger partial charge in [0, 0.05) is 18.7 Å². The molecule has 0 aliphatic carbocycles. The Bertz CT molecular complexity index is 573. The van der Waals surface area contributed by atoms with Gasteiger partial charge in [0.15, 0.2) is 10.6 Å². The highest BCUT2D eigenvalue weighted by molar-refractivity contribution is 7.71. The predicted octanol–water partition coefficient (Wildman–Crippen LogP) is 3.34. The van der Waals surface area contributed by atoms with Gasteiger partial charge in [0.05, 0.1) is 0 Å². The fourth-order valence-corrected chi connectivity index (χ4v) is 2.54. The Kier molecular flexibility index (Phi) is 5.49. The van der Waals surface area contributed by atoms with E-state index in [-0.39, 0.29) is 0 Å². The second kappa shape index (κ2) is 7.36. The van der Waals surface area contributed by atoms with E-state index in [9.17, 15) is 0 Å². The number of nitrogens with zero attached hydrogens (tertiary/aromatic N) is 3. The minimum Gasteiger partial charge on any atom is -0.302 e. The van der Waals surface area contributed by atoms with Crippen LogP contribution >= 0.6 is 12.2 Å². The van der Waals surface area contributed by atoms with Crippen LogP contribution in [0.2, 0.25) is 0 Å². The maximum atomic E-state index is 5.35. The summed E-state index contributed by atoms with van der Waals surface area (Å²) in [6, 6.07) is 10.2. The zero-order valence-corrected chi connectivity index (χ0v) is 13.0.